The van der Waals surface area contributed by atoms with Crippen LogP contribution in [-0.4, -0.2) is 35.3 Å². The van der Waals surface area contributed by atoms with Gasteiger partial charge in [-0.3, -0.25) is 9.59 Å². The molecule has 0 unspecified atom stereocenters. The van der Waals surface area contributed by atoms with Crippen LogP contribution in [0, 0.1) is 0 Å². The molecule has 6 nitrogen and oxygen atoms in total. The Kier molecular flexibility index (Phi) is 7.03. The summed E-state index contributed by atoms with van der Waals surface area (Å²) in [5, 5.41) is 4.39. The number of esters is 1. The van der Waals surface area contributed by atoms with E-state index < -0.39 is 5.97 Å². The molecule has 6 heteroatoms. The molecule has 0 heterocycles. The van der Waals surface area contributed by atoms with Crippen LogP contribution in [0.2, 0.25) is 0 Å². The topological polar surface area (TPSA) is 75.7 Å². The van der Waals surface area contributed by atoms with Crippen LogP contribution in [0.25, 0.3) is 10.8 Å². The highest BCUT2D eigenvalue weighted by Gasteiger charge is 2.21. The largest absolute Gasteiger partial charge is 0.452 e. The van der Waals surface area contributed by atoms with E-state index in [0.717, 1.165) is 16.3 Å². The van der Waals surface area contributed by atoms with Crippen molar-refractivity contribution in [2.24, 2.45) is 0 Å². The number of hydrogen-bond donors (Lipinski definition) is 1. The lowest BCUT2D eigenvalue weighted by molar-refractivity contribution is -0.137. The first-order valence-electron chi connectivity index (χ1n) is 10.2. The average molecular weight is 418 g/mol. The van der Waals surface area contributed by atoms with Gasteiger partial charge in [0.1, 0.15) is 0 Å². The Morgan fingerprint density at radius 2 is 1.55 bits per heavy atom. The molecule has 0 aliphatic rings. The third kappa shape index (κ3) is 5.69. The molecule has 31 heavy (non-hydrogen) atoms. The highest BCUT2D eigenvalue weighted by Crippen LogP contribution is 2.25. The van der Waals surface area contributed by atoms with Gasteiger partial charge in [-0.2, -0.15) is 0 Å². The van der Waals surface area contributed by atoms with Crippen LogP contribution >= 0.6 is 0 Å². The van der Waals surface area contributed by atoms with Gasteiger partial charge in [0.15, 0.2) is 6.61 Å². The normalized spacial score (nSPS) is 10.7. The molecule has 2 amide bonds. The molecule has 0 spiro atoms. The number of rotatable bonds is 7. The number of ether oxygens (including phenoxy) is 1. The molecule has 0 saturated heterocycles. The maximum Gasteiger partial charge on any atom is 0.340 e. The summed E-state index contributed by atoms with van der Waals surface area (Å²) in [5.74, 6) is -1.24. The minimum absolute atomic E-state index is 0.0537. The number of carbonyl (C=O) groups excluding carboxylic acids is 3. The second kappa shape index (κ2) is 9.89. The molecule has 0 radical (unpaired) electrons. The summed E-state index contributed by atoms with van der Waals surface area (Å²) in [5.41, 5.74) is 1.56. The van der Waals surface area contributed by atoms with E-state index in [1.54, 1.807) is 17.0 Å². The monoisotopic (exact) mass is 418 g/mol. The van der Waals surface area contributed by atoms with E-state index in [1.807, 2.05) is 68.4 Å². The molecule has 3 rings (SSSR count). The summed E-state index contributed by atoms with van der Waals surface area (Å²) in [7, 11) is 0. The number of hydrogen-bond acceptors (Lipinski definition) is 4. The second-order valence-electron chi connectivity index (χ2n) is 7.60. The molecule has 0 bridgehead atoms. The first-order valence-corrected chi connectivity index (χ1v) is 10.2. The van der Waals surface area contributed by atoms with Gasteiger partial charge in [0.05, 0.1) is 11.3 Å². The van der Waals surface area contributed by atoms with E-state index in [-0.39, 0.29) is 30.0 Å². The Bertz CT molecular complexity index is 1090. The second-order valence-corrected chi connectivity index (χ2v) is 7.60. The van der Waals surface area contributed by atoms with Gasteiger partial charge >= 0.3 is 5.97 Å². The van der Waals surface area contributed by atoms with Crippen molar-refractivity contribution in [2.75, 3.05) is 11.9 Å². The Hall–Kier alpha value is -3.67. The van der Waals surface area contributed by atoms with Crippen molar-refractivity contribution in [1.29, 1.82) is 0 Å². The van der Waals surface area contributed by atoms with Crippen molar-refractivity contribution in [3.8, 4) is 0 Å². The summed E-state index contributed by atoms with van der Waals surface area (Å²) in [4.78, 5) is 38.8. The molecule has 0 aliphatic heterocycles. The zero-order valence-corrected chi connectivity index (χ0v) is 17.9. The maximum absolute atomic E-state index is 12.8. The highest BCUT2D eigenvalue weighted by molar-refractivity contribution is 6.05. The van der Waals surface area contributed by atoms with Gasteiger partial charge in [-0.25, -0.2) is 4.79 Å². The van der Waals surface area contributed by atoms with E-state index in [4.69, 9.17) is 4.74 Å². The number of nitrogens with one attached hydrogen (secondary N) is 1. The lowest BCUT2D eigenvalue weighted by Gasteiger charge is -2.26. The number of nitrogens with zero attached hydrogens (tertiary/aromatic N) is 1. The predicted molar refractivity (Wildman–Crippen MR) is 121 cm³/mol. The van der Waals surface area contributed by atoms with E-state index in [0.29, 0.717) is 12.2 Å². The molecular formula is C25H26N2O4. The lowest BCUT2D eigenvalue weighted by atomic mass is 10.0. The van der Waals surface area contributed by atoms with Crippen LogP contribution in [0.15, 0.2) is 66.7 Å². The summed E-state index contributed by atoms with van der Waals surface area (Å²) in [6, 6.07) is 20.5. The Labute approximate surface area is 181 Å². The molecule has 0 aliphatic carbocycles. The fourth-order valence-corrected chi connectivity index (χ4v) is 3.33. The molecule has 160 valence electrons. The Morgan fingerprint density at radius 1 is 0.935 bits per heavy atom. The van der Waals surface area contributed by atoms with E-state index in [2.05, 4.69) is 5.32 Å². The Morgan fingerprint density at radius 3 is 2.16 bits per heavy atom. The summed E-state index contributed by atoms with van der Waals surface area (Å²) < 4.78 is 5.35. The molecule has 3 aromatic carbocycles. The van der Waals surface area contributed by atoms with Crippen LogP contribution in [0.1, 0.15) is 36.7 Å². The molecule has 1 N–H and O–H groups in total. The van der Waals surface area contributed by atoms with Crippen molar-refractivity contribution >= 4 is 34.2 Å². The molecule has 0 atom stereocenters. The van der Waals surface area contributed by atoms with Crippen molar-refractivity contribution in [2.45, 2.75) is 33.4 Å². The number of anilines is 1. The van der Waals surface area contributed by atoms with Gasteiger partial charge in [0, 0.05) is 19.5 Å². The maximum atomic E-state index is 12.8. The summed E-state index contributed by atoms with van der Waals surface area (Å²) in [6.07, 6.45) is 0. The molecule has 3 aromatic rings. The van der Waals surface area contributed by atoms with Crippen LogP contribution in [0.5, 0.6) is 0 Å². The van der Waals surface area contributed by atoms with Crippen molar-refractivity contribution in [1.82, 2.24) is 4.90 Å². The lowest BCUT2D eigenvalue weighted by Crippen LogP contribution is -2.39. The zero-order valence-electron chi connectivity index (χ0n) is 17.9. The van der Waals surface area contributed by atoms with E-state index in [1.165, 1.54) is 6.92 Å². The smallest absolute Gasteiger partial charge is 0.340 e. The SMILES string of the molecule is CC(=O)Nc1cc2ccccc2cc1C(=O)OCC(=O)N(Cc1ccccc1)C(C)C. The molecular weight excluding hydrogens is 392 g/mol. The van der Waals surface area contributed by atoms with Crippen LogP contribution in [0.4, 0.5) is 5.69 Å². The molecule has 0 aromatic heterocycles. The van der Waals surface area contributed by atoms with Gasteiger partial charge < -0.3 is 15.0 Å². The Balaban J connectivity index is 1.76. The predicted octanol–water partition coefficient (Wildman–Crippen LogP) is 4.39. The highest BCUT2D eigenvalue weighted by atomic mass is 16.5. The fraction of sp³-hybridized carbons (Fsp3) is 0.240. The van der Waals surface area contributed by atoms with Crippen molar-refractivity contribution in [3.05, 3.63) is 77.9 Å². The minimum atomic E-state index is -0.661. The van der Waals surface area contributed by atoms with Gasteiger partial charge in [-0.15, -0.1) is 0 Å². The summed E-state index contributed by atoms with van der Waals surface area (Å²) in [6.45, 7) is 5.26. The minimum Gasteiger partial charge on any atom is -0.452 e. The average Bonchev–Trinajstić information content (AvgIpc) is 2.75. The van der Waals surface area contributed by atoms with Crippen molar-refractivity contribution in [3.63, 3.8) is 0 Å². The number of fused-ring (bicyclic) bond motifs is 1. The zero-order chi connectivity index (χ0) is 22.4. The third-order valence-corrected chi connectivity index (χ3v) is 4.88. The van der Waals surface area contributed by atoms with Gasteiger partial charge in [0.25, 0.3) is 5.91 Å². The fourth-order valence-electron chi connectivity index (χ4n) is 3.33. The van der Waals surface area contributed by atoms with Gasteiger partial charge in [-0.1, -0.05) is 54.6 Å². The van der Waals surface area contributed by atoms with Crippen molar-refractivity contribution < 1.29 is 19.1 Å². The standard InChI is InChI=1S/C25H26N2O4/c1-17(2)27(15-19-9-5-4-6-10-19)24(29)16-31-25(30)22-13-20-11-7-8-12-21(20)14-23(22)26-18(3)28/h4-14,17H,15-16H2,1-3H3,(H,26,28). The van der Waals surface area contributed by atoms with Gasteiger partial charge in [0.2, 0.25) is 5.91 Å². The van der Waals surface area contributed by atoms with E-state index in [9.17, 15) is 14.4 Å². The van der Waals surface area contributed by atoms with Crippen LogP contribution < -0.4 is 5.32 Å². The first-order chi connectivity index (χ1) is 14.8. The number of amides is 2. The summed E-state index contributed by atoms with van der Waals surface area (Å²) >= 11 is 0. The molecule has 0 fully saturated rings. The number of carbonyl (C=O) groups is 3. The van der Waals surface area contributed by atoms with E-state index >= 15 is 0 Å². The molecule has 0 saturated carbocycles. The third-order valence-electron chi connectivity index (χ3n) is 4.88. The quantitative estimate of drug-likeness (QED) is 0.578. The van der Waals surface area contributed by atoms with Gasteiger partial charge in [-0.05, 0) is 42.3 Å². The number of benzene rings is 3. The van der Waals surface area contributed by atoms with Crippen LogP contribution in [-0.2, 0) is 20.9 Å². The van der Waals surface area contributed by atoms with Crippen LogP contribution in [0.3, 0.4) is 0 Å². The first kappa shape index (κ1) is 22.0.